The molecule has 0 saturated heterocycles. The molecule has 3 aromatic carbocycles. The molecule has 0 aliphatic carbocycles. The van der Waals surface area contributed by atoms with Crippen LogP contribution in [-0.2, 0) is 0 Å². The highest BCUT2D eigenvalue weighted by Crippen LogP contribution is 2.62. The lowest BCUT2D eigenvalue weighted by molar-refractivity contribution is 0.408. The van der Waals surface area contributed by atoms with Gasteiger partial charge in [0.1, 0.15) is 23.0 Å². The molecule has 0 aromatic heterocycles. The van der Waals surface area contributed by atoms with E-state index in [2.05, 4.69) is 48.3 Å². The van der Waals surface area contributed by atoms with E-state index < -0.39 is 0 Å². The molecule has 0 amide bonds. The molecule has 0 spiro atoms. The smallest absolute Gasteiger partial charge is 0.135 e. The SMILES string of the molecule is CN1c2cccc3c2C2c4c(cccc4Oc4cccc1c42)O3. The van der Waals surface area contributed by atoms with Gasteiger partial charge < -0.3 is 14.4 Å². The van der Waals surface area contributed by atoms with Gasteiger partial charge in [-0.2, -0.15) is 0 Å². The van der Waals surface area contributed by atoms with Gasteiger partial charge in [0, 0.05) is 35.1 Å². The average Bonchev–Trinajstić information content (AvgIpc) is 2.59. The molecule has 0 saturated carbocycles. The molecule has 23 heavy (non-hydrogen) atoms. The number of hydrogen-bond acceptors (Lipinski definition) is 3. The van der Waals surface area contributed by atoms with Crippen molar-refractivity contribution >= 4 is 11.4 Å². The third-order valence-corrected chi connectivity index (χ3v) is 5.14. The molecule has 3 heterocycles. The van der Waals surface area contributed by atoms with Crippen molar-refractivity contribution in [2.24, 2.45) is 0 Å². The number of rotatable bonds is 0. The predicted octanol–water partition coefficient (Wildman–Crippen LogP) is 5.16. The van der Waals surface area contributed by atoms with Gasteiger partial charge in [-0.1, -0.05) is 18.2 Å². The van der Waals surface area contributed by atoms with Gasteiger partial charge >= 0.3 is 0 Å². The van der Waals surface area contributed by atoms with Gasteiger partial charge in [0.05, 0.1) is 5.92 Å². The first-order valence-electron chi connectivity index (χ1n) is 7.81. The lowest BCUT2D eigenvalue weighted by Crippen LogP contribution is -2.27. The number of nitrogens with zero attached hydrogens (tertiary/aromatic N) is 1. The Balaban J connectivity index is 1.81. The van der Waals surface area contributed by atoms with Gasteiger partial charge in [0.15, 0.2) is 0 Å². The van der Waals surface area contributed by atoms with Crippen LogP contribution in [0.1, 0.15) is 22.6 Å². The highest BCUT2D eigenvalue weighted by molar-refractivity contribution is 5.85. The minimum atomic E-state index is 0.192. The fraction of sp³-hybridized carbons (Fsp3) is 0.100. The molecule has 3 aliphatic heterocycles. The van der Waals surface area contributed by atoms with Gasteiger partial charge in [-0.3, -0.25) is 0 Å². The van der Waals surface area contributed by atoms with Crippen molar-refractivity contribution in [1.29, 1.82) is 0 Å². The van der Waals surface area contributed by atoms with Crippen LogP contribution in [0.15, 0.2) is 54.6 Å². The fourth-order valence-electron chi connectivity index (χ4n) is 4.19. The third-order valence-electron chi connectivity index (χ3n) is 5.14. The third kappa shape index (κ3) is 1.23. The van der Waals surface area contributed by atoms with Gasteiger partial charge in [-0.05, 0) is 36.4 Å². The number of ether oxygens (including phenoxy) is 2. The van der Waals surface area contributed by atoms with Crippen molar-refractivity contribution in [3.05, 3.63) is 71.3 Å². The van der Waals surface area contributed by atoms with Gasteiger partial charge in [0.2, 0.25) is 0 Å². The largest absolute Gasteiger partial charge is 0.457 e. The summed E-state index contributed by atoms with van der Waals surface area (Å²) in [6.07, 6.45) is 0. The highest BCUT2D eigenvalue weighted by atomic mass is 16.5. The zero-order chi connectivity index (χ0) is 15.1. The molecule has 0 fully saturated rings. The molecule has 3 aliphatic rings. The molecule has 3 nitrogen and oxygen atoms in total. The number of hydrogen-bond donors (Lipinski definition) is 0. The van der Waals surface area contributed by atoms with Crippen LogP contribution < -0.4 is 14.4 Å². The Kier molecular flexibility index (Phi) is 1.86. The molecule has 3 aromatic rings. The van der Waals surface area contributed by atoms with E-state index in [0.29, 0.717) is 0 Å². The quantitative estimate of drug-likeness (QED) is 0.394. The maximum Gasteiger partial charge on any atom is 0.135 e. The summed E-state index contributed by atoms with van der Waals surface area (Å²) >= 11 is 0. The molecule has 0 N–H and O–H groups in total. The molecule has 0 radical (unpaired) electrons. The maximum atomic E-state index is 6.19. The highest BCUT2D eigenvalue weighted by Gasteiger charge is 2.43. The zero-order valence-electron chi connectivity index (χ0n) is 12.5. The molecule has 0 unspecified atom stereocenters. The monoisotopic (exact) mass is 299 g/mol. The first-order chi connectivity index (χ1) is 11.3. The average molecular weight is 299 g/mol. The Morgan fingerprint density at radius 2 is 1.09 bits per heavy atom. The lowest BCUT2D eigenvalue weighted by atomic mass is 9.76. The maximum absolute atomic E-state index is 6.19. The summed E-state index contributed by atoms with van der Waals surface area (Å²) in [6, 6.07) is 18.6. The van der Waals surface area contributed by atoms with Crippen LogP contribution in [-0.4, -0.2) is 7.05 Å². The van der Waals surface area contributed by atoms with E-state index in [0.717, 1.165) is 28.6 Å². The molecular formula is C20H13NO2. The number of benzene rings is 3. The Morgan fingerprint density at radius 1 is 0.652 bits per heavy atom. The normalized spacial score (nSPS) is 15.6. The lowest BCUT2D eigenvalue weighted by Gasteiger charge is -2.42. The van der Waals surface area contributed by atoms with E-state index in [-0.39, 0.29) is 5.92 Å². The van der Waals surface area contributed by atoms with Gasteiger partial charge in [-0.15, -0.1) is 0 Å². The van der Waals surface area contributed by atoms with Crippen molar-refractivity contribution in [1.82, 2.24) is 0 Å². The predicted molar refractivity (Wildman–Crippen MR) is 88.5 cm³/mol. The minimum absolute atomic E-state index is 0.192. The van der Waals surface area contributed by atoms with E-state index >= 15 is 0 Å². The van der Waals surface area contributed by atoms with Crippen LogP contribution in [0, 0.1) is 0 Å². The zero-order valence-corrected chi connectivity index (χ0v) is 12.5. The molecule has 0 atom stereocenters. The summed E-state index contributed by atoms with van der Waals surface area (Å²) < 4.78 is 12.4. The van der Waals surface area contributed by atoms with Crippen LogP contribution in [0.5, 0.6) is 23.0 Å². The Labute approximate surface area is 133 Å². The van der Waals surface area contributed by atoms with Crippen molar-refractivity contribution in [2.45, 2.75) is 5.92 Å². The summed E-state index contributed by atoms with van der Waals surface area (Å²) in [5.74, 6) is 3.90. The molecule has 6 rings (SSSR count). The van der Waals surface area contributed by atoms with Crippen molar-refractivity contribution in [2.75, 3.05) is 11.9 Å². The van der Waals surface area contributed by atoms with Gasteiger partial charge in [0.25, 0.3) is 0 Å². The van der Waals surface area contributed by atoms with Crippen LogP contribution in [0.4, 0.5) is 11.4 Å². The van der Waals surface area contributed by atoms with E-state index in [1.54, 1.807) is 0 Å². The number of anilines is 2. The second-order valence-electron chi connectivity index (χ2n) is 6.24. The van der Waals surface area contributed by atoms with Crippen LogP contribution in [0.25, 0.3) is 0 Å². The topological polar surface area (TPSA) is 21.7 Å². The second kappa shape index (κ2) is 3.69. The summed E-state index contributed by atoms with van der Waals surface area (Å²) in [4.78, 5) is 2.24. The van der Waals surface area contributed by atoms with Crippen LogP contribution in [0.2, 0.25) is 0 Å². The van der Waals surface area contributed by atoms with Gasteiger partial charge in [-0.25, -0.2) is 0 Å². The fourth-order valence-corrected chi connectivity index (χ4v) is 4.19. The Hall–Kier alpha value is -2.94. The van der Waals surface area contributed by atoms with E-state index in [1.807, 2.05) is 18.2 Å². The first-order valence-corrected chi connectivity index (χ1v) is 7.81. The minimum Gasteiger partial charge on any atom is -0.457 e. The van der Waals surface area contributed by atoms with Crippen molar-refractivity contribution < 1.29 is 9.47 Å². The van der Waals surface area contributed by atoms with Crippen LogP contribution in [0.3, 0.4) is 0 Å². The summed E-state index contributed by atoms with van der Waals surface area (Å²) in [5.41, 5.74) is 6.07. The standard InChI is InChI=1S/C20H13NO2/c1-21-11-5-2-7-13-17(11)20-18-12(21)6-3-8-14(18)23-16-10-4-9-15(22-13)19(16)20/h2-10,20H,1H3. The Morgan fingerprint density at radius 3 is 1.61 bits per heavy atom. The Bertz CT molecular complexity index is 933. The van der Waals surface area contributed by atoms with E-state index in [1.165, 1.54) is 22.5 Å². The molecule has 0 bridgehead atoms. The summed E-state index contributed by atoms with van der Waals surface area (Å²) in [6.45, 7) is 0. The van der Waals surface area contributed by atoms with E-state index in [4.69, 9.17) is 9.47 Å². The summed E-state index contributed by atoms with van der Waals surface area (Å²) in [5, 5.41) is 0. The van der Waals surface area contributed by atoms with Crippen LogP contribution >= 0.6 is 0 Å². The second-order valence-corrected chi connectivity index (χ2v) is 6.24. The molecular weight excluding hydrogens is 286 g/mol. The summed E-state index contributed by atoms with van der Waals surface area (Å²) in [7, 11) is 2.11. The van der Waals surface area contributed by atoms with Crippen molar-refractivity contribution in [3.8, 4) is 23.0 Å². The molecule has 110 valence electrons. The van der Waals surface area contributed by atoms with E-state index in [9.17, 15) is 0 Å². The van der Waals surface area contributed by atoms with Crippen molar-refractivity contribution in [3.63, 3.8) is 0 Å². The first kappa shape index (κ1) is 11.6. The molecule has 3 heteroatoms.